The highest BCUT2D eigenvalue weighted by Crippen LogP contribution is 2.23. The fraction of sp³-hybridized carbons (Fsp3) is 1.00. The molecule has 2 fully saturated rings. The molecule has 0 aromatic carbocycles. The summed E-state index contributed by atoms with van der Waals surface area (Å²) in [5.74, 6) is 0.902. The monoisotopic (exact) mass is 267 g/mol. The summed E-state index contributed by atoms with van der Waals surface area (Å²) in [7, 11) is 0. The first-order chi connectivity index (χ1) is 8.99. The van der Waals surface area contributed by atoms with Crippen molar-refractivity contribution in [3.63, 3.8) is 0 Å². The first kappa shape index (κ1) is 15.3. The van der Waals surface area contributed by atoms with Gasteiger partial charge in [-0.2, -0.15) is 0 Å². The van der Waals surface area contributed by atoms with E-state index in [0.29, 0.717) is 11.5 Å². The normalized spacial score (nSPS) is 31.6. The Labute approximate surface area is 119 Å². The minimum absolute atomic E-state index is 0.369. The van der Waals surface area contributed by atoms with Gasteiger partial charge in [-0.1, -0.05) is 27.7 Å². The molecule has 3 nitrogen and oxygen atoms in total. The average Bonchev–Trinajstić information content (AvgIpc) is 2.64. The van der Waals surface area contributed by atoms with Crippen LogP contribution in [0.3, 0.4) is 0 Å². The maximum absolute atomic E-state index is 3.74. The van der Waals surface area contributed by atoms with Crippen LogP contribution in [0.4, 0.5) is 0 Å². The van der Waals surface area contributed by atoms with Crippen molar-refractivity contribution in [2.75, 3.05) is 45.8 Å². The van der Waals surface area contributed by atoms with Gasteiger partial charge in [-0.05, 0) is 50.4 Å². The molecule has 2 rings (SSSR count). The molecule has 19 heavy (non-hydrogen) atoms. The summed E-state index contributed by atoms with van der Waals surface area (Å²) in [6, 6.07) is 0.638. The van der Waals surface area contributed by atoms with Crippen LogP contribution in [0.25, 0.3) is 0 Å². The Morgan fingerprint density at radius 3 is 2.53 bits per heavy atom. The van der Waals surface area contributed by atoms with Gasteiger partial charge >= 0.3 is 0 Å². The van der Waals surface area contributed by atoms with Crippen molar-refractivity contribution in [1.29, 1.82) is 0 Å². The fourth-order valence-electron chi connectivity index (χ4n) is 3.45. The second-order valence-corrected chi connectivity index (χ2v) is 7.53. The molecule has 0 radical (unpaired) electrons. The molecular weight excluding hydrogens is 234 g/mol. The molecule has 2 aliphatic rings. The quantitative estimate of drug-likeness (QED) is 0.844. The van der Waals surface area contributed by atoms with Crippen LogP contribution in [0.15, 0.2) is 0 Å². The lowest BCUT2D eigenvalue weighted by Gasteiger charge is -2.34. The summed E-state index contributed by atoms with van der Waals surface area (Å²) >= 11 is 0. The predicted octanol–water partition coefficient (Wildman–Crippen LogP) is 2.04. The zero-order valence-corrected chi connectivity index (χ0v) is 13.4. The molecule has 3 heteroatoms. The first-order valence-electron chi connectivity index (χ1n) is 8.17. The molecule has 2 unspecified atom stereocenters. The minimum atomic E-state index is 0.369. The number of nitrogens with zero attached hydrogens (tertiary/aromatic N) is 2. The third-order valence-electron chi connectivity index (χ3n) is 4.86. The highest BCUT2D eigenvalue weighted by atomic mass is 15.2. The van der Waals surface area contributed by atoms with Crippen LogP contribution >= 0.6 is 0 Å². The van der Waals surface area contributed by atoms with Crippen LogP contribution < -0.4 is 5.32 Å². The topological polar surface area (TPSA) is 18.5 Å². The summed E-state index contributed by atoms with van der Waals surface area (Å²) in [6.45, 7) is 18.2. The van der Waals surface area contributed by atoms with Gasteiger partial charge in [0.2, 0.25) is 0 Å². The van der Waals surface area contributed by atoms with Crippen LogP contribution in [0.5, 0.6) is 0 Å². The number of likely N-dealkylation sites (tertiary alicyclic amines) is 1. The van der Waals surface area contributed by atoms with E-state index in [1.54, 1.807) is 0 Å². The Kier molecular flexibility index (Phi) is 5.27. The molecule has 0 saturated carbocycles. The van der Waals surface area contributed by atoms with Crippen LogP contribution in [0, 0.1) is 11.3 Å². The van der Waals surface area contributed by atoms with E-state index in [9.17, 15) is 0 Å². The lowest BCUT2D eigenvalue weighted by molar-refractivity contribution is 0.177. The molecule has 0 amide bonds. The fourth-order valence-corrected chi connectivity index (χ4v) is 3.45. The van der Waals surface area contributed by atoms with Gasteiger partial charge in [-0.15, -0.1) is 0 Å². The minimum Gasteiger partial charge on any atom is -0.312 e. The van der Waals surface area contributed by atoms with E-state index in [4.69, 9.17) is 0 Å². The van der Waals surface area contributed by atoms with Crippen molar-refractivity contribution in [2.24, 2.45) is 11.3 Å². The van der Waals surface area contributed by atoms with E-state index in [1.165, 1.54) is 58.7 Å². The van der Waals surface area contributed by atoms with E-state index in [-0.39, 0.29) is 0 Å². The largest absolute Gasteiger partial charge is 0.312 e. The summed E-state index contributed by atoms with van der Waals surface area (Å²) in [4.78, 5) is 5.32. The molecule has 0 aromatic rings. The Morgan fingerprint density at radius 1 is 1.11 bits per heavy atom. The molecule has 112 valence electrons. The predicted molar refractivity (Wildman–Crippen MR) is 82.5 cm³/mol. The third kappa shape index (κ3) is 4.44. The highest BCUT2D eigenvalue weighted by Gasteiger charge is 2.30. The van der Waals surface area contributed by atoms with Crippen molar-refractivity contribution < 1.29 is 0 Å². The number of hydrogen-bond acceptors (Lipinski definition) is 3. The van der Waals surface area contributed by atoms with Gasteiger partial charge < -0.3 is 15.1 Å². The lowest BCUT2D eigenvalue weighted by atomic mass is 9.86. The van der Waals surface area contributed by atoms with E-state index in [0.717, 1.165) is 5.92 Å². The molecule has 2 atom stereocenters. The molecule has 2 saturated heterocycles. The summed E-state index contributed by atoms with van der Waals surface area (Å²) < 4.78 is 0. The summed E-state index contributed by atoms with van der Waals surface area (Å²) in [6.07, 6.45) is 2.70. The number of rotatable bonds is 3. The second-order valence-electron chi connectivity index (χ2n) is 7.53. The second kappa shape index (κ2) is 6.55. The smallest absolute Gasteiger partial charge is 0.0243 e. The molecule has 0 bridgehead atoms. The van der Waals surface area contributed by atoms with Gasteiger partial charge in [-0.25, -0.2) is 0 Å². The van der Waals surface area contributed by atoms with Gasteiger partial charge in [0.05, 0.1) is 0 Å². The van der Waals surface area contributed by atoms with E-state index in [1.807, 2.05) is 0 Å². The average molecular weight is 267 g/mol. The van der Waals surface area contributed by atoms with E-state index >= 15 is 0 Å². The van der Waals surface area contributed by atoms with Crippen LogP contribution in [0.1, 0.15) is 40.5 Å². The number of nitrogens with one attached hydrogen (secondary N) is 1. The Bertz CT molecular complexity index is 272. The summed E-state index contributed by atoms with van der Waals surface area (Å²) in [5, 5.41) is 3.74. The van der Waals surface area contributed by atoms with Crippen molar-refractivity contribution in [2.45, 2.75) is 46.6 Å². The highest BCUT2D eigenvalue weighted by molar-refractivity contribution is 4.87. The van der Waals surface area contributed by atoms with E-state index < -0.39 is 0 Å². The van der Waals surface area contributed by atoms with Gasteiger partial charge in [0, 0.05) is 25.7 Å². The Hall–Kier alpha value is -0.120. The van der Waals surface area contributed by atoms with Crippen molar-refractivity contribution in [1.82, 2.24) is 15.1 Å². The van der Waals surface area contributed by atoms with Gasteiger partial charge in [0.15, 0.2) is 0 Å². The van der Waals surface area contributed by atoms with Crippen molar-refractivity contribution in [3.8, 4) is 0 Å². The van der Waals surface area contributed by atoms with Gasteiger partial charge in [-0.3, -0.25) is 0 Å². The third-order valence-corrected chi connectivity index (χ3v) is 4.86. The molecule has 2 heterocycles. The zero-order chi connectivity index (χ0) is 13.9. The molecule has 0 spiro atoms. The molecule has 0 aromatic heterocycles. The molecule has 0 aliphatic carbocycles. The Morgan fingerprint density at radius 2 is 1.89 bits per heavy atom. The van der Waals surface area contributed by atoms with Crippen LogP contribution in [0.2, 0.25) is 0 Å². The van der Waals surface area contributed by atoms with E-state index in [2.05, 4.69) is 42.8 Å². The molecular formula is C16H33N3. The van der Waals surface area contributed by atoms with Crippen molar-refractivity contribution >= 4 is 0 Å². The van der Waals surface area contributed by atoms with Gasteiger partial charge in [0.1, 0.15) is 0 Å². The maximum atomic E-state index is 3.74. The Balaban J connectivity index is 1.85. The summed E-state index contributed by atoms with van der Waals surface area (Å²) in [5.41, 5.74) is 0.369. The molecule has 2 aliphatic heterocycles. The maximum Gasteiger partial charge on any atom is 0.0243 e. The van der Waals surface area contributed by atoms with Crippen LogP contribution in [-0.2, 0) is 0 Å². The van der Waals surface area contributed by atoms with Gasteiger partial charge in [0.25, 0.3) is 0 Å². The SMILES string of the molecule is CCN1CCC(CN2CCCNC(C(C)(C)C)C2)C1. The molecule has 1 N–H and O–H groups in total. The first-order valence-corrected chi connectivity index (χ1v) is 8.17. The zero-order valence-electron chi connectivity index (χ0n) is 13.4. The lowest BCUT2D eigenvalue weighted by Crippen LogP contribution is -2.47. The van der Waals surface area contributed by atoms with Crippen LogP contribution in [-0.4, -0.2) is 61.7 Å². The van der Waals surface area contributed by atoms with Crippen molar-refractivity contribution in [3.05, 3.63) is 0 Å². The number of hydrogen-bond donors (Lipinski definition) is 1. The standard InChI is InChI=1S/C16H33N3/c1-5-18-10-7-14(11-18)12-19-9-6-8-17-15(13-19)16(2,3)4/h14-15,17H,5-13H2,1-4H3.